The van der Waals surface area contributed by atoms with Crippen LogP contribution in [0.4, 0.5) is 38.0 Å². The van der Waals surface area contributed by atoms with Gasteiger partial charge in [-0.05, 0) is 115 Å². The molecule has 258 valence electrons. The summed E-state index contributed by atoms with van der Waals surface area (Å²) in [6.07, 6.45) is -3.39. The molecule has 1 heterocycles. The molecule has 2 aliphatic rings. The minimum Gasteiger partial charge on any atom is -0.481 e. The zero-order valence-electron chi connectivity index (χ0n) is 26.2. The van der Waals surface area contributed by atoms with Crippen molar-refractivity contribution in [1.29, 1.82) is 0 Å². The second-order valence-electron chi connectivity index (χ2n) is 12.5. The van der Waals surface area contributed by atoms with Gasteiger partial charge < -0.3 is 14.9 Å². The summed E-state index contributed by atoms with van der Waals surface area (Å²) in [5.41, 5.74) is 1.31. The first-order valence-corrected chi connectivity index (χ1v) is 15.6. The van der Waals surface area contributed by atoms with E-state index in [0.29, 0.717) is 12.5 Å². The van der Waals surface area contributed by atoms with Crippen molar-refractivity contribution in [1.82, 2.24) is 20.2 Å². The Labute approximate surface area is 275 Å². The number of aliphatic carboxylic acids is 1. The predicted molar refractivity (Wildman–Crippen MR) is 166 cm³/mol. The lowest BCUT2D eigenvalue weighted by atomic mass is 9.80. The van der Waals surface area contributed by atoms with Crippen molar-refractivity contribution in [3.05, 3.63) is 63.7 Å². The second-order valence-corrected chi connectivity index (χ2v) is 12.5. The highest BCUT2D eigenvalue weighted by Gasteiger charge is 2.37. The lowest BCUT2D eigenvalue weighted by Crippen LogP contribution is -2.33. The monoisotopic (exact) mass is 688 g/mol. The average Bonchev–Trinajstić information content (AvgIpc) is 3.63. The maximum absolute atomic E-state index is 13.7. The number of anilines is 2. The number of aryl methyl sites for hydroxylation is 3. The highest BCUT2D eigenvalue weighted by molar-refractivity contribution is 5.85. The third-order valence-electron chi connectivity index (χ3n) is 9.09. The summed E-state index contributed by atoms with van der Waals surface area (Å²) < 4.78 is 82.0. The van der Waals surface area contributed by atoms with Gasteiger partial charge >= 0.3 is 18.3 Å². The Bertz CT molecular complexity index is 1500. The van der Waals surface area contributed by atoms with Gasteiger partial charge in [-0.1, -0.05) is 11.2 Å². The molecule has 15 heteroatoms. The molecule has 0 amide bonds. The van der Waals surface area contributed by atoms with Crippen LogP contribution < -0.4 is 9.80 Å². The van der Waals surface area contributed by atoms with Crippen LogP contribution in [-0.4, -0.2) is 44.4 Å². The molecule has 0 aliphatic heterocycles. The van der Waals surface area contributed by atoms with Gasteiger partial charge in [-0.15, -0.1) is 17.5 Å². The van der Waals surface area contributed by atoms with Gasteiger partial charge in [-0.2, -0.15) is 31.1 Å². The molecule has 1 aromatic heterocycles. The molecule has 2 aromatic carbocycles. The van der Waals surface area contributed by atoms with Crippen molar-refractivity contribution in [2.24, 2.45) is 18.9 Å². The van der Waals surface area contributed by atoms with Crippen LogP contribution in [-0.2, 0) is 50.1 Å². The highest BCUT2D eigenvalue weighted by atomic mass is 35.5. The van der Waals surface area contributed by atoms with E-state index in [1.54, 1.807) is 4.90 Å². The minimum absolute atomic E-state index is 0. The van der Waals surface area contributed by atoms with E-state index in [2.05, 4.69) is 39.4 Å². The number of fused-ring (bicyclic) bond motifs is 1. The van der Waals surface area contributed by atoms with E-state index in [9.17, 15) is 36.2 Å². The van der Waals surface area contributed by atoms with E-state index < -0.39 is 29.4 Å². The van der Waals surface area contributed by atoms with Crippen molar-refractivity contribution in [3.8, 4) is 0 Å². The van der Waals surface area contributed by atoms with E-state index >= 15 is 0 Å². The van der Waals surface area contributed by atoms with Crippen LogP contribution in [0.3, 0.4) is 0 Å². The van der Waals surface area contributed by atoms with E-state index in [1.807, 2.05) is 0 Å². The molecule has 47 heavy (non-hydrogen) atoms. The van der Waals surface area contributed by atoms with Gasteiger partial charge in [0.1, 0.15) is 0 Å². The summed E-state index contributed by atoms with van der Waals surface area (Å²) in [7, 11) is 1.53. The van der Waals surface area contributed by atoms with Crippen LogP contribution in [0.25, 0.3) is 0 Å². The number of rotatable bonds is 11. The third-order valence-corrected chi connectivity index (χ3v) is 9.09. The minimum atomic E-state index is -4.97. The molecule has 0 saturated heterocycles. The Morgan fingerprint density at radius 3 is 2.02 bits per heavy atom. The van der Waals surface area contributed by atoms with E-state index in [-0.39, 0.29) is 55.4 Å². The number of carboxylic acid groups (broad SMARTS) is 1. The number of benzene rings is 2. The van der Waals surface area contributed by atoms with Crippen molar-refractivity contribution in [2.75, 3.05) is 22.9 Å². The van der Waals surface area contributed by atoms with Crippen LogP contribution in [0.5, 0.6) is 0 Å². The fourth-order valence-electron chi connectivity index (χ4n) is 6.79. The molecule has 0 spiro atoms. The molecule has 1 fully saturated rings. The van der Waals surface area contributed by atoms with Crippen LogP contribution in [0.15, 0.2) is 30.3 Å². The fourth-order valence-corrected chi connectivity index (χ4v) is 6.79. The van der Waals surface area contributed by atoms with Crippen molar-refractivity contribution in [2.45, 2.75) is 83.7 Å². The molecule has 1 saturated carbocycles. The summed E-state index contributed by atoms with van der Waals surface area (Å²) >= 11 is 0. The van der Waals surface area contributed by atoms with Crippen molar-refractivity contribution >= 4 is 30.0 Å². The van der Waals surface area contributed by atoms with Gasteiger partial charge in [0.15, 0.2) is 0 Å². The molecule has 1 N–H and O–H groups in total. The Morgan fingerprint density at radius 1 is 0.894 bits per heavy atom. The third kappa shape index (κ3) is 9.08. The molecule has 0 unspecified atom stereocenters. The summed E-state index contributed by atoms with van der Waals surface area (Å²) in [5.74, 6) is -0.140. The van der Waals surface area contributed by atoms with Gasteiger partial charge in [-0.25, -0.2) is 0 Å². The van der Waals surface area contributed by atoms with Gasteiger partial charge in [0, 0.05) is 38.3 Å². The quantitative estimate of drug-likeness (QED) is 0.209. The molecular weight excluding hydrogens is 650 g/mol. The number of alkyl halides is 6. The first-order chi connectivity index (χ1) is 21.7. The number of nitrogens with zero attached hydrogens (tertiary/aromatic N) is 6. The van der Waals surface area contributed by atoms with Crippen LogP contribution in [0, 0.1) is 11.8 Å². The first-order valence-electron chi connectivity index (χ1n) is 15.6. The zero-order chi connectivity index (χ0) is 33.2. The normalized spacial score (nSPS) is 18.0. The first kappa shape index (κ1) is 36.3. The van der Waals surface area contributed by atoms with Crippen LogP contribution >= 0.6 is 12.4 Å². The number of halogens is 7. The summed E-state index contributed by atoms with van der Waals surface area (Å²) in [4.78, 5) is 16.2. The maximum atomic E-state index is 13.7. The summed E-state index contributed by atoms with van der Waals surface area (Å²) in [5, 5.41) is 21.4. The Morgan fingerprint density at radius 2 is 1.49 bits per heavy atom. The molecule has 3 aromatic rings. The van der Waals surface area contributed by atoms with Crippen molar-refractivity contribution < 1.29 is 36.2 Å². The number of carbonyl (C=O) groups is 1. The smallest absolute Gasteiger partial charge is 0.416 e. The van der Waals surface area contributed by atoms with E-state index in [1.165, 1.54) is 23.0 Å². The average molecular weight is 689 g/mol. The van der Waals surface area contributed by atoms with E-state index in [0.717, 1.165) is 74.9 Å². The lowest BCUT2D eigenvalue weighted by molar-refractivity contribution is -0.143. The Hall–Kier alpha value is -3.55. The summed E-state index contributed by atoms with van der Waals surface area (Å²) in [6, 6.07) is 5.87. The molecule has 0 atom stereocenters. The predicted octanol–water partition coefficient (Wildman–Crippen LogP) is 7.47. The fraction of sp³-hybridized carbons (Fsp3) is 0.562. The van der Waals surface area contributed by atoms with Crippen LogP contribution in [0.1, 0.15) is 78.8 Å². The van der Waals surface area contributed by atoms with Gasteiger partial charge in [0.2, 0.25) is 0 Å². The summed E-state index contributed by atoms with van der Waals surface area (Å²) in [6.45, 7) is 3.32. The zero-order valence-corrected chi connectivity index (χ0v) is 27.1. The van der Waals surface area contributed by atoms with E-state index in [4.69, 9.17) is 0 Å². The Kier molecular flexibility index (Phi) is 11.3. The Balaban J connectivity index is 0.00000500. The largest absolute Gasteiger partial charge is 0.481 e. The molecule has 8 nitrogen and oxygen atoms in total. The molecule has 5 rings (SSSR count). The highest BCUT2D eigenvalue weighted by Crippen LogP contribution is 2.38. The molecular formula is C32H39ClF6N6O2. The number of hydrogen-bond acceptors (Lipinski definition) is 6. The lowest BCUT2D eigenvalue weighted by Gasteiger charge is -2.35. The van der Waals surface area contributed by atoms with Crippen molar-refractivity contribution in [3.63, 3.8) is 0 Å². The molecule has 0 bridgehead atoms. The van der Waals surface area contributed by atoms with Gasteiger partial charge in [0.25, 0.3) is 5.95 Å². The molecule has 0 radical (unpaired) electrons. The number of aromatic nitrogens is 4. The number of tetrazole rings is 1. The number of carboxylic acids is 1. The maximum Gasteiger partial charge on any atom is 0.416 e. The topological polar surface area (TPSA) is 87.4 Å². The second kappa shape index (κ2) is 14.7. The number of hydrogen-bond donors (Lipinski definition) is 1. The molecule has 2 aliphatic carbocycles. The van der Waals surface area contributed by atoms with Crippen LogP contribution in [0.2, 0.25) is 0 Å². The standard InChI is InChI=1S/C32H38F6N6O2.ClH/c1-3-43(17-21-9-7-20(8-10-21)13-29(45)46)28-15-24-6-4-5-23(24)14-25(28)19-44(30-39-41-42(2)40-30)18-22-11-26(31(33,34)35)16-27(12-22)32(36,37)38;/h11-12,14-16,20-21H,3-10,13,17-19H2,1-2H3,(H,45,46);1H/t20-,21-;. The van der Waals surface area contributed by atoms with Gasteiger partial charge in [-0.3, -0.25) is 4.79 Å². The SMILES string of the molecule is CCN(C[C@H]1CC[C@H](CC(=O)O)CC1)c1cc2c(cc1CN(Cc1cc(C(F)(F)F)cc(C(F)(F)F)c1)c1nnn(C)n1)CCC2.Cl. The van der Waals surface area contributed by atoms with Gasteiger partial charge in [0.05, 0.1) is 18.2 Å².